The fraction of sp³-hybridized carbons (Fsp3) is 0.708. The molecule has 2 unspecified atom stereocenters. The van der Waals surface area contributed by atoms with Gasteiger partial charge in [0.1, 0.15) is 11.3 Å². The number of aromatic hydroxyl groups is 1. The number of phenolic OH excluding ortho intramolecular Hbond substituents is 1. The third-order valence-electron chi connectivity index (χ3n) is 5.65. The molecule has 1 rings (SSSR count). The summed E-state index contributed by atoms with van der Waals surface area (Å²) in [6.07, 6.45) is 11.9. The van der Waals surface area contributed by atoms with Crippen LogP contribution in [0.3, 0.4) is 0 Å². The molecule has 1 aromatic rings. The van der Waals surface area contributed by atoms with Crippen LogP contribution in [0, 0.1) is 0 Å². The monoisotopic (exact) mass is 376 g/mol. The first kappa shape index (κ1) is 23.5. The minimum atomic E-state index is -0.452. The zero-order chi connectivity index (χ0) is 20.2. The van der Waals surface area contributed by atoms with Crippen molar-refractivity contribution in [3.8, 4) is 5.75 Å². The number of hydrogen-bond acceptors (Lipinski definition) is 3. The lowest BCUT2D eigenvalue weighted by Crippen LogP contribution is -2.08. The molecule has 0 spiro atoms. The van der Waals surface area contributed by atoms with Crippen molar-refractivity contribution >= 4 is 5.97 Å². The zero-order valence-corrected chi connectivity index (χ0v) is 18.1. The average molecular weight is 377 g/mol. The van der Waals surface area contributed by atoms with Gasteiger partial charge in [-0.1, -0.05) is 85.1 Å². The van der Waals surface area contributed by atoms with Crippen LogP contribution >= 0.6 is 0 Å². The maximum Gasteiger partial charge on any atom is 0.341 e. The number of esters is 1. The highest BCUT2D eigenvalue weighted by Crippen LogP contribution is 2.36. The first-order valence-electron chi connectivity index (χ1n) is 10.9. The Hall–Kier alpha value is -1.51. The van der Waals surface area contributed by atoms with Crippen LogP contribution in [0.25, 0.3) is 0 Å². The molecule has 2 atom stereocenters. The molecule has 0 radical (unpaired) electrons. The first-order valence-corrected chi connectivity index (χ1v) is 10.9. The van der Waals surface area contributed by atoms with E-state index in [4.69, 9.17) is 4.74 Å². The number of hydrogen-bond donors (Lipinski definition) is 1. The fourth-order valence-corrected chi connectivity index (χ4v) is 3.68. The molecular formula is C24H40O3. The number of methoxy groups -OCH3 is 1. The summed E-state index contributed by atoms with van der Waals surface area (Å²) in [5, 5.41) is 10.7. The first-order chi connectivity index (χ1) is 13.0. The molecule has 154 valence electrons. The predicted molar refractivity (Wildman–Crippen MR) is 114 cm³/mol. The van der Waals surface area contributed by atoms with Crippen LogP contribution in [-0.2, 0) is 4.74 Å². The van der Waals surface area contributed by atoms with Crippen LogP contribution in [0.1, 0.15) is 125 Å². The van der Waals surface area contributed by atoms with E-state index in [-0.39, 0.29) is 11.7 Å². The molecule has 1 N–H and O–H groups in total. The standard InChI is InChI=1S/C24H40O3/c1-6-8-10-12-14-18(3)20-16-21(19(4)15-13-11-9-7-2)23(25)22(17-20)24(26)27-5/h16-19,25H,6-15H2,1-5H3. The van der Waals surface area contributed by atoms with Crippen molar-refractivity contribution in [1.82, 2.24) is 0 Å². The van der Waals surface area contributed by atoms with E-state index in [1.165, 1.54) is 52.1 Å². The second-order valence-electron chi connectivity index (χ2n) is 8.00. The van der Waals surface area contributed by atoms with Crippen molar-refractivity contribution in [2.24, 2.45) is 0 Å². The van der Waals surface area contributed by atoms with Crippen molar-refractivity contribution in [2.45, 2.75) is 104 Å². The number of unbranched alkanes of at least 4 members (excludes halogenated alkanes) is 6. The van der Waals surface area contributed by atoms with Gasteiger partial charge < -0.3 is 9.84 Å². The highest BCUT2D eigenvalue weighted by molar-refractivity contribution is 5.93. The van der Waals surface area contributed by atoms with Gasteiger partial charge in [0.25, 0.3) is 0 Å². The number of benzene rings is 1. The minimum Gasteiger partial charge on any atom is -0.507 e. The van der Waals surface area contributed by atoms with Gasteiger partial charge in [0, 0.05) is 0 Å². The summed E-state index contributed by atoms with van der Waals surface area (Å²) in [5.74, 6) is 0.258. The lowest BCUT2D eigenvalue weighted by Gasteiger charge is -2.20. The largest absolute Gasteiger partial charge is 0.507 e. The van der Waals surface area contributed by atoms with Crippen LogP contribution in [0.2, 0.25) is 0 Å². The number of carbonyl (C=O) groups excluding carboxylic acids is 1. The second kappa shape index (κ2) is 12.8. The second-order valence-corrected chi connectivity index (χ2v) is 8.00. The summed E-state index contributed by atoms with van der Waals surface area (Å²) < 4.78 is 4.91. The van der Waals surface area contributed by atoms with Gasteiger partial charge in [-0.3, -0.25) is 0 Å². The molecule has 0 amide bonds. The molecule has 0 heterocycles. The van der Waals surface area contributed by atoms with Gasteiger partial charge in [0.15, 0.2) is 0 Å². The van der Waals surface area contributed by atoms with Gasteiger partial charge in [-0.15, -0.1) is 0 Å². The molecule has 0 saturated heterocycles. The zero-order valence-electron chi connectivity index (χ0n) is 18.1. The third-order valence-corrected chi connectivity index (χ3v) is 5.65. The Bertz CT molecular complexity index is 565. The Morgan fingerprint density at radius 1 is 0.926 bits per heavy atom. The van der Waals surface area contributed by atoms with Crippen molar-refractivity contribution in [3.63, 3.8) is 0 Å². The van der Waals surface area contributed by atoms with Gasteiger partial charge in [-0.2, -0.15) is 0 Å². The van der Waals surface area contributed by atoms with Crippen LogP contribution < -0.4 is 0 Å². The molecular weight excluding hydrogens is 336 g/mol. The molecule has 0 fully saturated rings. The Morgan fingerprint density at radius 3 is 2.00 bits per heavy atom. The van der Waals surface area contributed by atoms with Crippen LogP contribution in [0.4, 0.5) is 0 Å². The molecule has 0 aromatic heterocycles. The summed E-state index contributed by atoms with van der Waals surface area (Å²) in [7, 11) is 1.37. The maximum atomic E-state index is 12.2. The predicted octanol–water partition coefficient (Wildman–Crippen LogP) is 7.33. The lowest BCUT2D eigenvalue weighted by molar-refractivity contribution is 0.0597. The summed E-state index contributed by atoms with van der Waals surface area (Å²) in [4.78, 5) is 12.2. The van der Waals surface area contributed by atoms with Crippen LogP contribution in [-0.4, -0.2) is 18.2 Å². The van der Waals surface area contributed by atoms with Gasteiger partial charge in [-0.25, -0.2) is 4.79 Å². The molecule has 0 aliphatic carbocycles. The maximum absolute atomic E-state index is 12.2. The van der Waals surface area contributed by atoms with E-state index in [0.29, 0.717) is 11.5 Å². The van der Waals surface area contributed by atoms with E-state index in [9.17, 15) is 9.90 Å². The van der Waals surface area contributed by atoms with Crippen molar-refractivity contribution in [2.75, 3.05) is 7.11 Å². The topological polar surface area (TPSA) is 46.5 Å². The Kier molecular flexibility index (Phi) is 11.2. The third kappa shape index (κ3) is 7.56. The minimum absolute atomic E-state index is 0.103. The van der Waals surface area contributed by atoms with Gasteiger partial charge in [0.05, 0.1) is 7.11 Å². The smallest absolute Gasteiger partial charge is 0.341 e. The summed E-state index contributed by atoms with van der Waals surface area (Å²) >= 11 is 0. The van der Waals surface area contributed by atoms with Gasteiger partial charge in [0.2, 0.25) is 0 Å². The number of ether oxygens (including phenoxy) is 1. The molecule has 0 saturated carbocycles. The highest BCUT2D eigenvalue weighted by Gasteiger charge is 2.21. The average Bonchev–Trinajstić information content (AvgIpc) is 2.67. The Balaban J connectivity index is 3.01. The van der Waals surface area contributed by atoms with E-state index in [0.717, 1.165) is 30.4 Å². The van der Waals surface area contributed by atoms with E-state index < -0.39 is 5.97 Å². The number of carbonyl (C=O) groups is 1. The van der Waals surface area contributed by atoms with Crippen molar-refractivity contribution in [1.29, 1.82) is 0 Å². The fourth-order valence-electron chi connectivity index (χ4n) is 3.68. The van der Waals surface area contributed by atoms with E-state index >= 15 is 0 Å². The number of rotatable bonds is 13. The van der Waals surface area contributed by atoms with Crippen LogP contribution in [0.15, 0.2) is 12.1 Å². The van der Waals surface area contributed by atoms with Crippen molar-refractivity contribution in [3.05, 3.63) is 28.8 Å². The highest BCUT2D eigenvalue weighted by atomic mass is 16.5. The number of phenols is 1. The van der Waals surface area contributed by atoms with E-state index in [1.54, 1.807) is 0 Å². The summed E-state index contributed by atoms with van der Waals surface area (Å²) in [6.45, 7) is 8.80. The molecule has 0 bridgehead atoms. The lowest BCUT2D eigenvalue weighted by atomic mass is 9.86. The molecule has 27 heavy (non-hydrogen) atoms. The quantitative estimate of drug-likeness (QED) is 0.289. The molecule has 3 nitrogen and oxygen atoms in total. The summed E-state index contributed by atoms with van der Waals surface area (Å²) in [5.41, 5.74) is 2.34. The van der Waals surface area contributed by atoms with E-state index in [1.807, 2.05) is 6.07 Å². The molecule has 1 aromatic carbocycles. The SMILES string of the molecule is CCCCCCC(C)c1cc(C(=O)OC)c(O)c(C(C)CCCCCC)c1. The van der Waals surface area contributed by atoms with Crippen molar-refractivity contribution < 1.29 is 14.6 Å². The molecule has 0 aliphatic heterocycles. The summed E-state index contributed by atoms with van der Waals surface area (Å²) in [6, 6.07) is 3.95. The Morgan fingerprint density at radius 2 is 1.48 bits per heavy atom. The Labute approximate surface area is 166 Å². The van der Waals surface area contributed by atoms with E-state index in [2.05, 4.69) is 33.8 Å². The van der Waals surface area contributed by atoms with Gasteiger partial charge >= 0.3 is 5.97 Å². The van der Waals surface area contributed by atoms with Gasteiger partial charge in [-0.05, 0) is 41.9 Å². The normalized spacial score (nSPS) is 13.4. The molecule has 0 aliphatic rings. The molecule has 3 heteroatoms. The van der Waals surface area contributed by atoms with Crippen LogP contribution in [0.5, 0.6) is 5.75 Å².